The summed E-state index contributed by atoms with van der Waals surface area (Å²) in [5.41, 5.74) is 0. The molecule has 0 saturated heterocycles. The molecular weight excluding hydrogens is 208 g/mol. The van der Waals surface area contributed by atoms with Crippen molar-refractivity contribution in [2.75, 3.05) is 57.0 Å². The first-order chi connectivity index (χ1) is 7.34. The summed E-state index contributed by atoms with van der Waals surface area (Å²) in [4.78, 5) is 13.4. The minimum Gasteiger partial charge on any atom is -0.762 e. The fraction of sp³-hybridized carbons (Fsp3) is 0.667. The van der Waals surface area contributed by atoms with E-state index in [2.05, 4.69) is 9.97 Å². The van der Waals surface area contributed by atoms with E-state index >= 15 is 0 Å². The SMILES string of the molecule is CN(C)c1nc(N(C)C)[n+]([O-])c(N(C)C)n1. The minimum absolute atomic E-state index is 0.322. The largest absolute Gasteiger partial charge is 0.762 e. The van der Waals surface area contributed by atoms with E-state index in [0.29, 0.717) is 22.6 Å². The van der Waals surface area contributed by atoms with E-state index in [1.54, 1.807) is 42.9 Å². The van der Waals surface area contributed by atoms with Gasteiger partial charge >= 0.3 is 17.8 Å². The van der Waals surface area contributed by atoms with Crippen LogP contribution < -0.4 is 19.4 Å². The highest BCUT2D eigenvalue weighted by Gasteiger charge is 2.19. The highest BCUT2D eigenvalue weighted by molar-refractivity contribution is 5.38. The third-order valence-corrected chi connectivity index (χ3v) is 1.96. The third kappa shape index (κ3) is 2.23. The predicted octanol–water partition coefficient (Wildman–Crippen LogP) is -0.692. The number of hydrogen-bond acceptors (Lipinski definition) is 6. The summed E-state index contributed by atoms with van der Waals surface area (Å²) in [6, 6.07) is 0. The van der Waals surface area contributed by atoms with Crippen LogP contribution in [0, 0.1) is 5.21 Å². The molecule has 0 radical (unpaired) electrons. The quantitative estimate of drug-likeness (QED) is 0.502. The van der Waals surface area contributed by atoms with Gasteiger partial charge in [0.15, 0.2) is 0 Å². The van der Waals surface area contributed by atoms with Gasteiger partial charge < -0.3 is 10.1 Å². The highest BCUT2D eigenvalue weighted by Crippen LogP contribution is 2.12. The Balaban J connectivity index is 3.39. The Bertz CT molecular complexity index is 347. The first-order valence-electron chi connectivity index (χ1n) is 4.88. The van der Waals surface area contributed by atoms with Crippen molar-refractivity contribution in [3.05, 3.63) is 5.21 Å². The second-order valence-electron chi connectivity index (χ2n) is 4.10. The molecule has 16 heavy (non-hydrogen) atoms. The molecule has 0 spiro atoms. The van der Waals surface area contributed by atoms with E-state index in [1.807, 2.05) is 14.1 Å². The number of rotatable bonds is 3. The molecule has 7 nitrogen and oxygen atoms in total. The summed E-state index contributed by atoms with van der Waals surface area (Å²) in [5.74, 6) is 1.16. The molecule has 0 aliphatic carbocycles. The maximum atomic E-state index is 11.9. The van der Waals surface area contributed by atoms with Crippen LogP contribution in [0.5, 0.6) is 0 Å². The lowest BCUT2D eigenvalue weighted by Crippen LogP contribution is -2.42. The van der Waals surface area contributed by atoms with Crippen LogP contribution in [-0.4, -0.2) is 52.3 Å². The third-order valence-electron chi connectivity index (χ3n) is 1.96. The van der Waals surface area contributed by atoms with E-state index in [0.717, 1.165) is 0 Å². The zero-order chi connectivity index (χ0) is 12.5. The molecule has 0 amide bonds. The van der Waals surface area contributed by atoms with E-state index in [1.165, 1.54) is 0 Å². The van der Waals surface area contributed by atoms with Crippen LogP contribution >= 0.6 is 0 Å². The van der Waals surface area contributed by atoms with Crippen LogP contribution in [0.2, 0.25) is 0 Å². The molecular formula is C9H18N6O. The summed E-state index contributed by atoms with van der Waals surface area (Å²) in [6.07, 6.45) is 0. The number of anilines is 3. The maximum absolute atomic E-state index is 11.9. The van der Waals surface area contributed by atoms with Gasteiger partial charge in [-0.3, -0.25) is 9.80 Å². The van der Waals surface area contributed by atoms with Crippen LogP contribution in [0.15, 0.2) is 0 Å². The normalized spacial score (nSPS) is 10.1. The summed E-state index contributed by atoms with van der Waals surface area (Å²) in [6.45, 7) is 0. The van der Waals surface area contributed by atoms with Crippen molar-refractivity contribution in [1.29, 1.82) is 0 Å². The highest BCUT2D eigenvalue weighted by atomic mass is 16.5. The zero-order valence-electron chi connectivity index (χ0n) is 10.6. The fourth-order valence-corrected chi connectivity index (χ4v) is 1.15. The topological polar surface area (TPSA) is 62.4 Å². The van der Waals surface area contributed by atoms with Gasteiger partial charge in [-0.05, 0) is 0 Å². The van der Waals surface area contributed by atoms with Gasteiger partial charge in [0.05, 0.1) is 0 Å². The predicted molar refractivity (Wildman–Crippen MR) is 64.0 cm³/mol. The molecule has 0 fully saturated rings. The van der Waals surface area contributed by atoms with E-state index in [9.17, 15) is 5.21 Å². The van der Waals surface area contributed by atoms with Gasteiger partial charge in [-0.25, -0.2) is 4.73 Å². The van der Waals surface area contributed by atoms with Gasteiger partial charge in [0.1, 0.15) is 0 Å². The van der Waals surface area contributed by atoms with Gasteiger partial charge in [-0.2, -0.15) is 0 Å². The molecule has 7 heteroatoms. The van der Waals surface area contributed by atoms with Crippen LogP contribution in [0.1, 0.15) is 0 Å². The number of aromatic nitrogens is 3. The first-order valence-corrected chi connectivity index (χ1v) is 4.88. The summed E-state index contributed by atoms with van der Waals surface area (Å²) in [5, 5.41) is 11.9. The van der Waals surface area contributed by atoms with Crippen LogP contribution in [-0.2, 0) is 0 Å². The average molecular weight is 226 g/mol. The Morgan fingerprint density at radius 1 is 0.812 bits per heavy atom. The van der Waals surface area contributed by atoms with E-state index < -0.39 is 0 Å². The van der Waals surface area contributed by atoms with Gasteiger partial charge in [0.25, 0.3) is 0 Å². The molecule has 1 heterocycles. The van der Waals surface area contributed by atoms with Crippen molar-refractivity contribution in [3.63, 3.8) is 0 Å². The second-order valence-corrected chi connectivity index (χ2v) is 4.10. The number of hydrogen-bond donors (Lipinski definition) is 0. The molecule has 0 N–H and O–H groups in total. The molecule has 90 valence electrons. The molecule has 1 aromatic rings. The monoisotopic (exact) mass is 226 g/mol. The van der Waals surface area contributed by atoms with Crippen molar-refractivity contribution < 1.29 is 4.73 Å². The lowest BCUT2D eigenvalue weighted by atomic mass is 10.7. The zero-order valence-corrected chi connectivity index (χ0v) is 10.6. The molecule has 0 bridgehead atoms. The van der Waals surface area contributed by atoms with Gasteiger partial charge in [-0.1, -0.05) is 9.97 Å². The Labute approximate surface area is 95.5 Å². The van der Waals surface area contributed by atoms with Crippen molar-refractivity contribution in [2.24, 2.45) is 0 Å². The molecule has 0 aromatic carbocycles. The van der Waals surface area contributed by atoms with Crippen molar-refractivity contribution >= 4 is 17.8 Å². The maximum Gasteiger partial charge on any atom is 0.325 e. The summed E-state index contributed by atoms with van der Waals surface area (Å²) >= 11 is 0. The average Bonchev–Trinajstić information content (AvgIpc) is 2.16. The molecule has 1 rings (SSSR count). The first kappa shape index (κ1) is 12.3. The molecule has 0 aliphatic heterocycles. The molecule has 0 unspecified atom stereocenters. The lowest BCUT2D eigenvalue weighted by molar-refractivity contribution is -0.584. The minimum atomic E-state index is 0.322. The molecule has 1 aromatic heterocycles. The van der Waals surface area contributed by atoms with Crippen molar-refractivity contribution in [3.8, 4) is 0 Å². The van der Waals surface area contributed by atoms with Gasteiger partial charge in [-0.15, -0.1) is 0 Å². The standard InChI is InChI=1S/C9H18N6O/c1-12(2)7-10-8(13(3)4)15(16)9(11-7)14(5)6/h1-6H3. The van der Waals surface area contributed by atoms with Crippen molar-refractivity contribution in [1.82, 2.24) is 9.97 Å². The van der Waals surface area contributed by atoms with Crippen molar-refractivity contribution in [2.45, 2.75) is 0 Å². The Kier molecular flexibility index (Phi) is 3.36. The molecule has 0 saturated carbocycles. The van der Waals surface area contributed by atoms with Crippen LogP contribution in [0.25, 0.3) is 0 Å². The summed E-state index contributed by atoms with van der Waals surface area (Å²) in [7, 11) is 10.8. The van der Waals surface area contributed by atoms with Gasteiger partial charge in [0.2, 0.25) is 0 Å². The van der Waals surface area contributed by atoms with E-state index in [4.69, 9.17) is 0 Å². The summed E-state index contributed by atoms with van der Waals surface area (Å²) < 4.78 is 0.715. The molecule has 0 atom stereocenters. The Hall–Kier alpha value is -1.79. The Morgan fingerprint density at radius 2 is 1.19 bits per heavy atom. The van der Waals surface area contributed by atoms with Crippen LogP contribution in [0.4, 0.5) is 17.8 Å². The second kappa shape index (κ2) is 4.38. The lowest BCUT2D eigenvalue weighted by Gasteiger charge is -2.21. The molecule has 0 aliphatic rings. The number of nitrogens with zero attached hydrogens (tertiary/aromatic N) is 6. The smallest absolute Gasteiger partial charge is 0.325 e. The fourth-order valence-electron chi connectivity index (χ4n) is 1.15. The van der Waals surface area contributed by atoms with E-state index in [-0.39, 0.29) is 0 Å². The Morgan fingerprint density at radius 3 is 1.44 bits per heavy atom. The van der Waals surface area contributed by atoms with Crippen LogP contribution in [0.3, 0.4) is 0 Å². The van der Waals surface area contributed by atoms with Gasteiger partial charge in [0, 0.05) is 42.3 Å².